The van der Waals surface area contributed by atoms with Crippen LogP contribution in [0.4, 0.5) is 0 Å². The van der Waals surface area contributed by atoms with Gasteiger partial charge in [-0.05, 0) is 191 Å². The zero-order chi connectivity index (χ0) is 45.2. The van der Waals surface area contributed by atoms with Crippen LogP contribution in [0.3, 0.4) is 0 Å². The molecule has 0 atom stereocenters. The normalized spacial score (nSPS) is 14.0. The molecule has 61 heavy (non-hydrogen) atoms. The van der Waals surface area contributed by atoms with Crippen molar-refractivity contribution in [3.05, 3.63) is 140 Å². The molecule has 0 amide bonds. The molecule has 0 aliphatic heterocycles. The molecular formula is C58H84O3. The third kappa shape index (κ3) is 22.9. The summed E-state index contributed by atoms with van der Waals surface area (Å²) in [6.45, 7) is 25.8. The van der Waals surface area contributed by atoms with Crippen molar-refractivity contribution in [3.8, 4) is 11.5 Å². The third-order valence-electron chi connectivity index (χ3n) is 11.7. The summed E-state index contributed by atoms with van der Waals surface area (Å²) in [5.41, 5.74) is 14.8. The van der Waals surface area contributed by atoms with Crippen molar-refractivity contribution in [2.75, 3.05) is 0 Å². The van der Waals surface area contributed by atoms with Gasteiger partial charge in [0.05, 0.1) is 0 Å². The topological polar surface area (TPSA) is 46.5 Å². The summed E-state index contributed by atoms with van der Waals surface area (Å²) < 4.78 is 5.60. The standard InChI is InChI=1S/C58H84O3/c1-43(2)23-15-24-44(3)25-16-26-45(4)27-17-28-46(5)29-18-30-47(6)31-19-32-48(7)33-20-34-49(8)35-21-36-50(9)37-22-38-51(10)41-42-54-52(11)58(61-53(12)59)56-40-14-13-39-55(56)57(54)60/h13-14,23,25,27,29,31,33,35,37,39-41,60H,15-22,24,26,28,30,32,34,36,38,42H2,1-12H3/b44-25+,45-27+,46-29+,47-31+,48-33+,49-35+,50-37+,51-41+. The molecule has 0 unspecified atom stereocenters. The van der Waals surface area contributed by atoms with Crippen LogP contribution in [-0.2, 0) is 11.2 Å². The molecule has 0 aliphatic rings. The van der Waals surface area contributed by atoms with Crippen LogP contribution >= 0.6 is 0 Å². The van der Waals surface area contributed by atoms with E-state index in [1.807, 2.05) is 31.2 Å². The fourth-order valence-corrected chi connectivity index (χ4v) is 7.60. The van der Waals surface area contributed by atoms with Crippen LogP contribution in [0.1, 0.15) is 190 Å². The van der Waals surface area contributed by atoms with Gasteiger partial charge in [0.25, 0.3) is 0 Å². The van der Waals surface area contributed by atoms with Crippen molar-refractivity contribution in [1.29, 1.82) is 0 Å². The Balaban J connectivity index is 1.66. The number of allylic oxidation sites excluding steroid dienone is 18. The Bertz CT molecular complexity index is 1980. The van der Waals surface area contributed by atoms with Crippen molar-refractivity contribution >= 4 is 16.7 Å². The number of carbonyl (C=O) groups is 1. The highest BCUT2D eigenvalue weighted by atomic mass is 16.5. The molecule has 0 fully saturated rings. The number of benzene rings is 2. The second kappa shape index (κ2) is 29.8. The molecule has 0 bridgehead atoms. The smallest absolute Gasteiger partial charge is 0.308 e. The maximum atomic E-state index is 11.8. The molecule has 3 nitrogen and oxygen atoms in total. The van der Waals surface area contributed by atoms with Gasteiger partial charge in [-0.25, -0.2) is 0 Å². The molecule has 0 heterocycles. The fraction of sp³-hybridized carbons (Fsp3) is 0.500. The van der Waals surface area contributed by atoms with Gasteiger partial charge in [-0.15, -0.1) is 0 Å². The molecule has 2 rings (SSSR count). The van der Waals surface area contributed by atoms with E-state index in [9.17, 15) is 9.90 Å². The predicted molar refractivity (Wildman–Crippen MR) is 269 cm³/mol. The highest BCUT2D eigenvalue weighted by Gasteiger charge is 2.18. The number of rotatable bonds is 27. The molecular weight excluding hydrogens is 745 g/mol. The first kappa shape index (κ1) is 52.8. The molecule has 0 aromatic heterocycles. The highest BCUT2D eigenvalue weighted by molar-refractivity contribution is 5.97. The van der Waals surface area contributed by atoms with E-state index in [0.717, 1.165) is 100.0 Å². The Hall–Kier alpha value is -4.37. The van der Waals surface area contributed by atoms with Gasteiger partial charge in [-0.3, -0.25) is 4.79 Å². The first-order valence-corrected chi connectivity index (χ1v) is 23.4. The summed E-state index contributed by atoms with van der Waals surface area (Å²) >= 11 is 0. The lowest BCUT2D eigenvalue weighted by Crippen LogP contribution is -2.05. The number of ether oxygens (including phenoxy) is 1. The number of hydrogen-bond acceptors (Lipinski definition) is 3. The van der Waals surface area contributed by atoms with E-state index in [-0.39, 0.29) is 11.7 Å². The summed E-state index contributed by atoms with van der Waals surface area (Å²) in [5, 5.41) is 12.6. The van der Waals surface area contributed by atoms with Crippen LogP contribution in [0.25, 0.3) is 10.8 Å². The van der Waals surface area contributed by atoms with E-state index in [2.05, 4.69) is 124 Å². The number of aromatic hydroxyl groups is 1. The maximum Gasteiger partial charge on any atom is 0.308 e. The molecule has 334 valence electrons. The van der Waals surface area contributed by atoms with Crippen molar-refractivity contribution in [2.24, 2.45) is 0 Å². The highest BCUT2D eigenvalue weighted by Crippen LogP contribution is 2.40. The molecule has 0 radical (unpaired) electrons. The van der Waals surface area contributed by atoms with Gasteiger partial charge in [0, 0.05) is 23.3 Å². The first-order valence-electron chi connectivity index (χ1n) is 23.4. The van der Waals surface area contributed by atoms with E-state index < -0.39 is 0 Å². The number of phenolic OH excluding ortho intramolecular Hbond substituents is 1. The van der Waals surface area contributed by atoms with E-state index in [4.69, 9.17) is 4.74 Å². The SMILES string of the molecule is CC(=O)Oc1c(C)c(C/C=C(\C)CC/C=C(\C)CC/C=C(\C)CC/C=C(\C)CC/C=C(\C)CC/C=C(\C)CC/C=C(\C)CC/C=C(\C)CCC=C(C)C)c(O)c2ccccc12. The lowest BCUT2D eigenvalue weighted by Gasteiger charge is -2.16. The van der Waals surface area contributed by atoms with Crippen LogP contribution < -0.4 is 4.74 Å². The second-order valence-corrected chi connectivity index (χ2v) is 18.1. The van der Waals surface area contributed by atoms with Gasteiger partial charge in [-0.2, -0.15) is 0 Å². The van der Waals surface area contributed by atoms with Gasteiger partial charge >= 0.3 is 5.97 Å². The van der Waals surface area contributed by atoms with Gasteiger partial charge in [0.2, 0.25) is 0 Å². The molecule has 2 aromatic rings. The molecule has 1 N–H and O–H groups in total. The zero-order valence-electron chi connectivity index (χ0n) is 40.8. The average Bonchev–Trinajstić information content (AvgIpc) is 3.19. The Labute approximate surface area is 373 Å². The van der Waals surface area contributed by atoms with Crippen LogP contribution in [0.15, 0.2) is 129 Å². The lowest BCUT2D eigenvalue weighted by atomic mass is 9.95. The number of phenols is 1. The summed E-state index contributed by atoms with van der Waals surface area (Å²) in [6.07, 6.45) is 40.1. The van der Waals surface area contributed by atoms with E-state index >= 15 is 0 Å². The van der Waals surface area contributed by atoms with E-state index in [0.29, 0.717) is 17.6 Å². The minimum atomic E-state index is -0.359. The van der Waals surface area contributed by atoms with Gasteiger partial charge in [0.15, 0.2) is 0 Å². The van der Waals surface area contributed by atoms with Crippen molar-refractivity contribution in [2.45, 2.75) is 192 Å². The number of esters is 1. The Morgan fingerprint density at radius 2 is 0.754 bits per heavy atom. The van der Waals surface area contributed by atoms with Crippen LogP contribution in [0, 0.1) is 6.92 Å². The first-order chi connectivity index (χ1) is 29.1. The van der Waals surface area contributed by atoms with Crippen molar-refractivity contribution in [1.82, 2.24) is 0 Å². The van der Waals surface area contributed by atoms with E-state index in [1.165, 1.54) is 76.3 Å². The third-order valence-corrected chi connectivity index (χ3v) is 11.7. The largest absolute Gasteiger partial charge is 0.507 e. The number of hydrogen-bond donors (Lipinski definition) is 1. The summed E-state index contributed by atoms with van der Waals surface area (Å²) in [4.78, 5) is 11.8. The Morgan fingerprint density at radius 3 is 1.07 bits per heavy atom. The van der Waals surface area contributed by atoms with Gasteiger partial charge < -0.3 is 9.84 Å². The average molecular weight is 829 g/mol. The molecule has 2 aromatic carbocycles. The predicted octanol–water partition coefficient (Wildman–Crippen LogP) is 18.1. The molecule has 0 saturated carbocycles. The van der Waals surface area contributed by atoms with Crippen molar-refractivity contribution < 1.29 is 14.6 Å². The maximum absolute atomic E-state index is 11.8. The molecule has 0 aliphatic carbocycles. The second-order valence-electron chi connectivity index (χ2n) is 18.1. The molecule has 0 saturated heterocycles. The molecule has 0 spiro atoms. The summed E-state index contributed by atoms with van der Waals surface area (Å²) in [5.74, 6) is 0.444. The van der Waals surface area contributed by atoms with Gasteiger partial charge in [-0.1, -0.05) is 129 Å². The summed E-state index contributed by atoms with van der Waals surface area (Å²) in [6, 6.07) is 7.55. The fourth-order valence-electron chi connectivity index (χ4n) is 7.60. The minimum Gasteiger partial charge on any atom is -0.507 e. The lowest BCUT2D eigenvalue weighted by molar-refractivity contribution is -0.131. The summed E-state index contributed by atoms with van der Waals surface area (Å²) in [7, 11) is 0. The van der Waals surface area contributed by atoms with Crippen LogP contribution in [0.5, 0.6) is 11.5 Å². The monoisotopic (exact) mass is 829 g/mol. The number of carbonyl (C=O) groups excluding carboxylic acids is 1. The van der Waals surface area contributed by atoms with Crippen molar-refractivity contribution in [3.63, 3.8) is 0 Å². The van der Waals surface area contributed by atoms with Gasteiger partial charge in [0.1, 0.15) is 11.5 Å². The Kier molecular flexibility index (Phi) is 25.8. The van der Waals surface area contributed by atoms with Crippen LogP contribution in [0.2, 0.25) is 0 Å². The quantitative estimate of drug-likeness (QED) is 0.0554. The number of fused-ring (bicyclic) bond motifs is 1. The Morgan fingerprint density at radius 1 is 0.459 bits per heavy atom. The zero-order valence-corrected chi connectivity index (χ0v) is 40.8. The van der Waals surface area contributed by atoms with E-state index in [1.54, 1.807) is 0 Å². The van der Waals surface area contributed by atoms with Crippen LogP contribution in [-0.4, -0.2) is 11.1 Å². The minimum absolute atomic E-state index is 0.266. The molecule has 3 heteroatoms.